The molecule has 0 aromatic rings. The van der Waals surface area contributed by atoms with Crippen molar-refractivity contribution in [1.82, 2.24) is 10.2 Å². The Balaban J connectivity index is 2.12. The van der Waals surface area contributed by atoms with Crippen LogP contribution in [0.2, 0.25) is 0 Å². The maximum absolute atomic E-state index is 3.60. The van der Waals surface area contributed by atoms with E-state index in [0.29, 0.717) is 5.54 Å². The van der Waals surface area contributed by atoms with Crippen LogP contribution in [0.4, 0.5) is 0 Å². The van der Waals surface area contributed by atoms with Crippen LogP contribution in [0.15, 0.2) is 0 Å². The highest BCUT2D eigenvalue weighted by atomic mass is 15.3. The van der Waals surface area contributed by atoms with Gasteiger partial charge >= 0.3 is 0 Å². The highest BCUT2D eigenvalue weighted by Crippen LogP contribution is 2.37. The molecular formula is C11H22N2. The Morgan fingerprint density at radius 2 is 2.23 bits per heavy atom. The standard InChI is InChI=1S/C11H22N2/c1-9(2)13-6-4-5-11(13)7-10(3)12-8-11/h9-10,12H,4-8H2,1-3H3/t10-,11?/m1/s1. The van der Waals surface area contributed by atoms with Crippen molar-refractivity contribution in [2.45, 2.75) is 57.7 Å². The molecule has 76 valence electrons. The van der Waals surface area contributed by atoms with Gasteiger partial charge < -0.3 is 5.32 Å². The number of rotatable bonds is 1. The number of nitrogens with one attached hydrogen (secondary N) is 1. The Labute approximate surface area is 81.7 Å². The van der Waals surface area contributed by atoms with Gasteiger partial charge in [-0.1, -0.05) is 0 Å². The second-order valence-corrected chi connectivity index (χ2v) is 5.10. The van der Waals surface area contributed by atoms with E-state index < -0.39 is 0 Å². The molecule has 2 aliphatic rings. The Kier molecular flexibility index (Phi) is 2.37. The summed E-state index contributed by atoms with van der Waals surface area (Å²) in [6, 6.07) is 1.44. The van der Waals surface area contributed by atoms with Crippen molar-refractivity contribution in [2.75, 3.05) is 13.1 Å². The Morgan fingerprint density at radius 3 is 2.77 bits per heavy atom. The van der Waals surface area contributed by atoms with Crippen molar-refractivity contribution >= 4 is 0 Å². The summed E-state index contributed by atoms with van der Waals surface area (Å²) in [6.07, 6.45) is 4.15. The van der Waals surface area contributed by atoms with E-state index in [-0.39, 0.29) is 0 Å². The molecule has 0 saturated carbocycles. The molecule has 0 bridgehead atoms. The van der Waals surface area contributed by atoms with E-state index in [2.05, 4.69) is 31.0 Å². The first-order valence-electron chi connectivity index (χ1n) is 5.64. The lowest BCUT2D eigenvalue weighted by Gasteiger charge is -2.37. The van der Waals surface area contributed by atoms with E-state index in [1.165, 1.54) is 32.4 Å². The minimum atomic E-state index is 0.521. The summed E-state index contributed by atoms with van der Waals surface area (Å²) in [7, 11) is 0. The van der Waals surface area contributed by atoms with Gasteiger partial charge in [-0.2, -0.15) is 0 Å². The molecule has 2 nitrogen and oxygen atoms in total. The van der Waals surface area contributed by atoms with Gasteiger partial charge in [-0.3, -0.25) is 4.90 Å². The molecule has 1 N–H and O–H groups in total. The predicted molar refractivity (Wildman–Crippen MR) is 55.9 cm³/mol. The Bertz CT molecular complexity index is 191. The predicted octanol–water partition coefficient (Wildman–Crippen LogP) is 1.61. The molecule has 0 aliphatic carbocycles. The zero-order chi connectivity index (χ0) is 9.47. The first-order chi connectivity index (χ1) is 6.14. The van der Waals surface area contributed by atoms with Crippen LogP contribution in [-0.4, -0.2) is 35.6 Å². The Hall–Kier alpha value is -0.0800. The molecule has 2 fully saturated rings. The first kappa shape index (κ1) is 9.47. The van der Waals surface area contributed by atoms with Crippen LogP contribution < -0.4 is 5.32 Å². The van der Waals surface area contributed by atoms with Crippen molar-refractivity contribution in [3.63, 3.8) is 0 Å². The second-order valence-electron chi connectivity index (χ2n) is 5.10. The fraction of sp³-hybridized carbons (Fsp3) is 1.00. The van der Waals surface area contributed by atoms with Gasteiger partial charge in [0.25, 0.3) is 0 Å². The van der Waals surface area contributed by atoms with Crippen LogP contribution in [0, 0.1) is 0 Å². The molecule has 2 saturated heterocycles. The molecule has 1 spiro atoms. The molecule has 0 aromatic heterocycles. The summed E-state index contributed by atoms with van der Waals surface area (Å²) < 4.78 is 0. The minimum Gasteiger partial charge on any atom is -0.312 e. The average molecular weight is 182 g/mol. The van der Waals surface area contributed by atoms with Gasteiger partial charge in [-0.05, 0) is 46.6 Å². The monoisotopic (exact) mass is 182 g/mol. The zero-order valence-electron chi connectivity index (χ0n) is 9.14. The van der Waals surface area contributed by atoms with Gasteiger partial charge in [-0.25, -0.2) is 0 Å². The van der Waals surface area contributed by atoms with E-state index >= 15 is 0 Å². The van der Waals surface area contributed by atoms with Gasteiger partial charge in [0.1, 0.15) is 0 Å². The van der Waals surface area contributed by atoms with Gasteiger partial charge in [0.2, 0.25) is 0 Å². The maximum Gasteiger partial charge on any atom is 0.0351 e. The number of nitrogens with zero attached hydrogens (tertiary/aromatic N) is 1. The lowest BCUT2D eigenvalue weighted by atomic mass is 9.92. The van der Waals surface area contributed by atoms with Crippen molar-refractivity contribution in [3.05, 3.63) is 0 Å². The van der Waals surface area contributed by atoms with Crippen LogP contribution in [0.25, 0.3) is 0 Å². The fourth-order valence-corrected chi connectivity index (χ4v) is 3.25. The third-order valence-corrected chi connectivity index (χ3v) is 3.74. The molecule has 0 radical (unpaired) electrons. The Morgan fingerprint density at radius 1 is 1.46 bits per heavy atom. The summed E-state index contributed by atoms with van der Waals surface area (Å²) in [5, 5.41) is 3.60. The van der Waals surface area contributed by atoms with Crippen molar-refractivity contribution in [3.8, 4) is 0 Å². The summed E-state index contributed by atoms with van der Waals surface area (Å²) in [5.74, 6) is 0. The van der Waals surface area contributed by atoms with Crippen LogP contribution in [0.3, 0.4) is 0 Å². The average Bonchev–Trinajstić information content (AvgIpc) is 2.60. The molecule has 13 heavy (non-hydrogen) atoms. The van der Waals surface area contributed by atoms with Gasteiger partial charge in [-0.15, -0.1) is 0 Å². The van der Waals surface area contributed by atoms with E-state index in [4.69, 9.17) is 0 Å². The molecule has 2 heteroatoms. The first-order valence-corrected chi connectivity index (χ1v) is 5.64. The van der Waals surface area contributed by atoms with Crippen molar-refractivity contribution < 1.29 is 0 Å². The van der Waals surface area contributed by atoms with E-state index in [0.717, 1.165) is 12.1 Å². The highest BCUT2D eigenvalue weighted by molar-refractivity contribution is 5.04. The summed E-state index contributed by atoms with van der Waals surface area (Å²) >= 11 is 0. The largest absolute Gasteiger partial charge is 0.312 e. The smallest absolute Gasteiger partial charge is 0.0351 e. The molecule has 2 rings (SSSR count). The molecule has 0 aromatic carbocycles. The third kappa shape index (κ3) is 1.50. The van der Waals surface area contributed by atoms with E-state index in [1.807, 2.05) is 0 Å². The molecule has 1 unspecified atom stereocenters. The lowest BCUT2D eigenvalue weighted by Crippen LogP contribution is -2.48. The van der Waals surface area contributed by atoms with Crippen LogP contribution in [0.1, 0.15) is 40.0 Å². The van der Waals surface area contributed by atoms with Gasteiger partial charge in [0.05, 0.1) is 0 Å². The van der Waals surface area contributed by atoms with E-state index in [1.54, 1.807) is 0 Å². The maximum atomic E-state index is 3.60. The summed E-state index contributed by atoms with van der Waals surface area (Å²) in [5.41, 5.74) is 0.521. The normalized spacial score (nSPS) is 41.1. The molecule has 2 aliphatic heterocycles. The summed E-state index contributed by atoms with van der Waals surface area (Å²) in [6.45, 7) is 9.50. The number of hydrogen-bond acceptors (Lipinski definition) is 2. The lowest BCUT2D eigenvalue weighted by molar-refractivity contribution is 0.117. The minimum absolute atomic E-state index is 0.521. The zero-order valence-corrected chi connectivity index (χ0v) is 9.14. The van der Waals surface area contributed by atoms with Crippen molar-refractivity contribution in [1.29, 1.82) is 0 Å². The molecule has 2 heterocycles. The summed E-state index contributed by atoms with van der Waals surface area (Å²) in [4.78, 5) is 2.71. The van der Waals surface area contributed by atoms with Crippen LogP contribution in [-0.2, 0) is 0 Å². The number of likely N-dealkylation sites (tertiary alicyclic amines) is 1. The molecule has 2 atom stereocenters. The topological polar surface area (TPSA) is 15.3 Å². The van der Waals surface area contributed by atoms with E-state index in [9.17, 15) is 0 Å². The quantitative estimate of drug-likeness (QED) is 0.663. The second kappa shape index (κ2) is 3.25. The molecular weight excluding hydrogens is 160 g/mol. The molecule has 0 amide bonds. The van der Waals surface area contributed by atoms with Crippen LogP contribution in [0.5, 0.6) is 0 Å². The van der Waals surface area contributed by atoms with Gasteiger partial charge in [0, 0.05) is 24.2 Å². The van der Waals surface area contributed by atoms with Crippen molar-refractivity contribution in [2.24, 2.45) is 0 Å². The SMILES string of the molecule is CC(C)N1CCCC12CN[C@H](C)C2. The highest BCUT2D eigenvalue weighted by Gasteiger charge is 2.45. The van der Waals surface area contributed by atoms with Crippen LogP contribution >= 0.6 is 0 Å². The van der Waals surface area contributed by atoms with Gasteiger partial charge in [0.15, 0.2) is 0 Å². The fourth-order valence-electron chi connectivity index (χ4n) is 3.25. The number of hydrogen-bond donors (Lipinski definition) is 1. The third-order valence-electron chi connectivity index (χ3n) is 3.74.